The van der Waals surface area contributed by atoms with Gasteiger partial charge in [0.1, 0.15) is 0 Å². The zero-order chi connectivity index (χ0) is 14.9. The van der Waals surface area contributed by atoms with Crippen LogP contribution in [0.5, 0.6) is 0 Å². The summed E-state index contributed by atoms with van der Waals surface area (Å²) in [5.74, 6) is 0.575. The van der Waals surface area contributed by atoms with Crippen LogP contribution in [-0.4, -0.2) is 79.5 Å². The van der Waals surface area contributed by atoms with Crippen molar-refractivity contribution in [1.29, 1.82) is 0 Å². The first-order chi connectivity index (χ1) is 10.2. The zero-order valence-electron chi connectivity index (χ0n) is 13.7. The summed E-state index contributed by atoms with van der Waals surface area (Å²) in [5.41, 5.74) is 0.0677. The molecule has 2 unspecified atom stereocenters. The number of hydrogen-bond donors (Lipinski definition) is 2. The molecule has 0 saturated carbocycles. The lowest BCUT2D eigenvalue weighted by molar-refractivity contribution is 0.0728. The van der Waals surface area contributed by atoms with E-state index in [0.29, 0.717) is 18.6 Å². The standard InChI is InChI=1S/C15H27N3O3.2ClH/c1-2-21-14(20)17-5-3-13(4-6-17)18-8-12-7-16-9-15(12,10-18)11-19;;/h12-13,16,19H,2-11H2,1H3;2*1H. The Hall–Kier alpha value is -0.270. The highest BCUT2D eigenvalue weighted by Gasteiger charge is 2.50. The van der Waals surface area contributed by atoms with Crippen LogP contribution in [0.2, 0.25) is 0 Å². The van der Waals surface area contributed by atoms with Crippen LogP contribution < -0.4 is 5.32 Å². The Morgan fingerprint density at radius 1 is 1.35 bits per heavy atom. The Balaban J connectivity index is 0.00000132. The average Bonchev–Trinajstić information content (AvgIpc) is 3.05. The fraction of sp³-hybridized carbons (Fsp3) is 0.933. The Morgan fingerprint density at radius 3 is 2.61 bits per heavy atom. The number of piperidine rings is 1. The van der Waals surface area contributed by atoms with Gasteiger partial charge in [0.2, 0.25) is 0 Å². The van der Waals surface area contributed by atoms with Gasteiger partial charge in [-0.1, -0.05) is 0 Å². The first-order valence-corrected chi connectivity index (χ1v) is 8.16. The van der Waals surface area contributed by atoms with Gasteiger partial charge in [0.15, 0.2) is 0 Å². The van der Waals surface area contributed by atoms with Gasteiger partial charge in [0.25, 0.3) is 0 Å². The molecular formula is C15H29Cl2N3O3. The number of nitrogens with one attached hydrogen (secondary N) is 1. The summed E-state index contributed by atoms with van der Waals surface area (Å²) in [5, 5.41) is 13.2. The number of ether oxygens (including phenoxy) is 1. The van der Waals surface area contributed by atoms with Gasteiger partial charge in [-0.2, -0.15) is 0 Å². The van der Waals surface area contributed by atoms with Crippen LogP contribution in [0.25, 0.3) is 0 Å². The largest absolute Gasteiger partial charge is 0.450 e. The summed E-state index contributed by atoms with van der Waals surface area (Å²) in [6.45, 7) is 8.18. The molecule has 3 fully saturated rings. The van der Waals surface area contributed by atoms with Crippen LogP contribution in [0.4, 0.5) is 4.79 Å². The van der Waals surface area contributed by atoms with E-state index in [0.717, 1.165) is 52.1 Å². The fourth-order valence-corrected chi connectivity index (χ4v) is 4.19. The normalized spacial score (nSPS) is 31.2. The van der Waals surface area contributed by atoms with E-state index in [2.05, 4.69) is 10.2 Å². The topological polar surface area (TPSA) is 65.0 Å². The summed E-state index contributed by atoms with van der Waals surface area (Å²) < 4.78 is 5.07. The van der Waals surface area contributed by atoms with Gasteiger partial charge in [0.05, 0.1) is 13.2 Å². The molecule has 3 heterocycles. The summed E-state index contributed by atoms with van der Waals surface area (Å²) in [4.78, 5) is 16.1. The molecule has 23 heavy (non-hydrogen) atoms. The van der Waals surface area contributed by atoms with Crippen molar-refractivity contribution in [3.63, 3.8) is 0 Å². The third-order valence-electron chi connectivity index (χ3n) is 5.53. The molecule has 2 N–H and O–H groups in total. The van der Waals surface area contributed by atoms with Crippen molar-refractivity contribution in [2.75, 3.05) is 52.5 Å². The zero-order valence-corrected chi connectivity index (χ0v) is 15.3. The minimum Gasteiger partial charge on any atom is -0.450 e. The summed E-state index contributed by atoms with van der Waals surface area (Å²) >= 11 is 0. The number of aliphatic hydroxyl groups excluding tert-OH is 1. The van der Waals surface area contributed by atoms with Gasteiger partial charge >= 0.3 is 6.09 Å². The molecule has 0 aliphatic carbocycles. The van der Waals surface area contributed by atoms with Crippen molar-refractivity contribution in [2.45, 2.75) is 25.8 Å². The van der Waals surface area contributed by atoms with E-state index in [4.69, 9.17) is 4.74 Å². The number of carbonyl (C=O) groups excluding carboxylic acids is 1. The van der Waals surface area contributed by atoms with Gasteiger partial charge in [-0.3, -0.25) is 4.90 Å². The van der Waals surface area contributed by atoms with E-state index < -0.39 is 0 Å². The highest BCUT2D eigenvalue weighted by Crippen LogP contribution is 2.40. The Bertz CT molecular complexity index is 394. The van der Waals surface area contributed by atoms with Crippen molar-refractivity contribution >= 4 is 30.9 Å². The minimum absolute atomic E-state index is 0. The Labute approximate surface area is 150 Å². The second-order valence-corrected chi connectivity index (χ2v) is 6.69. The molecule has 2 atom stereocenters. The number of halogens is 2. The van der Waals surface area contributed by atoms with E-state index in [-0.39, 0.29) is 42.9 Å². The monoisotopic (exact) mass is 369 g/mol. The van der Waals surface area contributed by atoms with E-state index in [9.17, 15) is 9.90 Å². The summed E-state index contributed by atoms with van der Waals surface area (Å²) in [6.07, 6.45) is 1.85. The number of fused-ring (bicyclic) bond motifs is 1. The molecule has 6 nitrogen and oxygen atoms in total. The number of nitrogens with zero attached hydrogens (tertiary/aromatic N) is 2. The molecule has 3 aliphatic rings. The quantitative estimate of drug-likeness (QED) is 0.775. The molecule has 3 saturated heterocycles. The van der Waals surface area contributed by atoms with E-state index in [1.54, 1.807) is 0 Å². The second-order valence-electron chi connectivity index (χ2n) is 6.69. The molecular weight excluding hydrogens is 341 g/mol. The van der Waals surface area contributed by atoms with Crippen LogP contribution >= 0.6 is 24.8 Å². The third kappa shape index (κ3) is 4.04. The Kier molecular flexibility index (Phi) is 7.87. The molecule has 136 valence electrons. The maximum absolute atomic E-state index is 11.7. The van der Waals surface area contributed by atoms with Crippen molar-refractivity contribution < 1.29 is 14.6 Å². The SMILES string of the molecule is CCOC(=O)N1CCC(N2CC3CNCC3(CO)C2)CC1.Cl.Cl. The molecule has 0 bridgehead atoms. The van der Waals surface area contributed by atoms with Crippen molar-refractivity contribution in [3.05, 3.63) is 0 Å². The predicted molar refractivity (Wildman–Crippen MR) is 93.6 cm³/mol. The van der Waals surface area contributed by atoms with Crippen molar-refractivity contribution in [1.82, 2.24) is 15.1 Å². The van der Waals surface area contributed by atoms with Crippen LogP contribution in [0.15, 0.2) is 0 Å². The van der Waals surface area contributed by atoms with Gasteiger partial charge in [0, 0.05) is 44.2 Å². The van der Waals surface area contributed by atoms with Crippen LogP contribution in [-0.2, 0) is 4.74 Å². The van der Waals surface area contributed by atoms with Crippen LogP contribution in [0.3, 0.4) is 0 Å². The first-order valence-electron chi connectivity index (χ1n) is 8.16. The number of carbonyl (C=O) groups is 1. The Morgan fingerprint density at radius 2 is 2.04 bits per heavy atom. The molecule has 0 spiro atoms. The fourth-order valence-electron chi connectivity index (χ4n) is 4.19. The molecule has 3 rings (SSSR count). The molecule has 0 aromatic heterocycles. The lowest BCUT2D eigenvalue weighted by atomic mass is 9.82. The third-order valence-corrected chi connectivity index (χ3v) is 5.53. The van der Waals surface area contributed by atoms with Crippen LogP contribution in [0.1, 0.15) is 19.8 Å². The second kappa shape index (κ2) is 8.72. The maximum Gasteiger partial charge on any atom is 0.409 e. The van der Waals surface area contributed by atoms with Crippen LogP contribution in [0, 0.1) is 11.3 Å². The van der Waals surface area contributed by atoms with Gasteiger partial charge in [-0.05, 0) is 32.2 Å². The predicted octanol–water partition coefficient (Wildman–Crippen LogP) is 0.965. The lowest BCUT2D eigenvalue weighted by Gasteiger charge is -2.37. The smallest absolute Gasteiger partial charge is 0.409 e. The molecule has 0 radical (unpaired) electrons. The number of rotatable bonds is 3. The number of likely N-dealkylation sites (tertiary alicyclic amines) is 2. The highest BCUT2D eigenvalue weighted by molar-refractivity contribution is 5.85. The molecule has 8 heteroatoms. The number of aliphatic hydroxyl groups is 1. The van der Waals surface area contributed by atoms with Crippen molar-refractivity contribution in [3.8, 4) is 0 Å². The first kappa shape index (κ1) is 20.8. The number of amides is 1. The average molecular weight is 370 g/mol. The van der Waals surface area contributed by atoms with E-state index >= 15 is 0 Å². The van der Waals surface area contributed by atoms with Gasteiger partial charge in [-0.15, -0.1) is 24.8 Å². The lowest BCUT2D eigenvalue weighted by Crippen LogP contribution is -2.47. The maximum atomic E-state index is 11.7. The van der Waals surface area contributed by atoms with Gasteiger partial charge in [-0.25, -0.2) is 4.79 Å². The van der Waals surface area contributed by atoms with E-state index in [1.807, 2.05) is 11.8 Å². The molecule has 1 amide bonds. The number of hydrogen-bond acceptors (Lipinski definition) is 5. The molecule has 0 aromatic rings. The highest BCUT2D eigenvalue weighted by atomic mass is 35.5. The molecule has 3 aliphatic heterocycles. The summed E-state index contributed by atoms with van der Waals surface area (Å²) in [7, 11) is 0. The van der Waals surface area contributed by atoms with Gasteiger partial charge < -0.3 is 20.1 Å². The van der Waals surface area contributed by atoms with Crippen molar-refractivity contribution in [2.24, 2.45) is 11.3 Å². The minimum atomic E-state index is -0.176. The summed E-state index contributed by atoms with van der Waals surface area (Å²) in [6, 6.07) is 0.546. The van der Waals surface area contributed by atoms with E-state index in [1.165, 1.54) is 0 Å². The molecule has 0 aromatic carbocycles.